The Morgan fingerprint density at radius 3 is 2.47 bits per heavy atom. The molecule has 0 saturated carbocycles. The topological polar surface area (TPSA) is 85.3 Å². The number of nitrogens with two attached hydrogens (primary N) is 1. The highest BCUT2D eigenvalue weighted by molar-refractivity contribution is 5.81. The number of hydrogen-bond donors (Lipinski definition) is 1. The predicted molar refractivity (Wildman–Crippen MR) is 72.3 cm³/mol. The standard InChI is InChI=1S/C13H24N4O2/c1-8(2)6-10(14)13(18)17(5)7-11-15-12(9(3)4)16-19-11/h8-10H,6-7,14H2,1-5H3/t10-/m1/s1. The van der Waals surface area contributed by atoms with E-state index in [1.54, 1.807) is 7.05 Å². The summed E-state index contributed by atoms with van der Waals surface area (Å²) < 4.78 is 5.11. The maximum atomic E-state index is 12.0. The van der Waals surface area contributed by atoms with Gasteiger partial charge in [0.05, 0.1) is 12.6 Å². The van der Waals surface area contributed by atoms with Crippen LogP contribution in [0.15, 0.2) is 4.52 Å². The second-order valence-electron chi connectivity index (χ2n) is 5.63. The fourth-order valence-corrected chi connectivity index (χ4v) is 1.74. The zero-order chi connectivity index (χ0) is 14.6. The Morgan fingerprint density at radius 1 is 1.37 bits per heavy atom. The van der Waals surface area contributed by atoms with Crippen molar-refractivity contribution in [2.45, 2.75) is 52.6 Å². The van der Waals surface area contributed by atoms with Crippen molar-refractivity contribution in [3.8, 4) is 0 Å². The summed E-state index contributed by atoms with van der Waals surface area (Å²) in [6, 6.07) is -0.475. The number of carbonyl (C=O) groups is 1. The van der Waals surface area contributed by atoms with E-state index < -0.39 is 6.04 Å². The molecule has 0 radical (unpaired) electrons. The minimum Gasteiger partial charge on any atom is -0.337 e. The number of carbonyl (C=O) groups excluding carboxylic acids is 1. The molecule has 1 aromatic rings. The number of nitrogens with zero attached hydrogens (tertiary/aromatic N) is 3. The van der Waals surface area contributed by atoms with Crippen molar-refractivity contribution in [3.05, 3.63) is 11.7 Å². The maximum Gasteiger partial charge on any atom is 0.246 e. The molecule has 0 aromatic carbocycles. The van der Waals surface area contributed by atoms with Crippen LogP contribution in [0.4, 0.5) is 0 Å². The van der Waals surface area contributed by atoms with Gasteiger partial charge in [-0.3, -0.25) is 4.79 Å². The molecule has 0 saturated heterocycles. The molecule has 0 bridgehead atoms. The molecule has 1 aromatic heterocycles. The van der Waals surface area contributed by atoms with E-state index in [0.29, 0.717) is 30.6 Å². The van der Waals surface area contributed by atoms with Gasteiger partial charge in [-0.25, -0.2) is 0 Å². The third-order valence-corrected chi connectivity index (χ3v) is 2.79. The summed E-state index contributed by atoms with van der Waals surface area (Å²) in [5, 5.41) is 3.87. The van der Waals surface area contributed by atoms with Crippen molar-refractivity contribution < 1.29 is 9.32 Å². The quantitative estimate of drug-likeness (QED) is 0.845. The van der Waals surface area contributed by atoms with E-state index in [2.05, 4.69) is 10.1 Å². The fourth-order valence-electron chi connectivity index (χ4n) is 1.74. The number of aromatic nitrogens is 2. The Balaban J connectivity index is 2.58. The van der Waals surface area contributed by atoms with E-state index in [-0.39, 0.29) is 11.8 Å². The van der Waals surface area contributed by atoms with Crippen LogP contribution in [0.3, 0.4) is 0 Å². The molecule has 6 heteroatoms. The summed E-state index contributed by atoms with van der Waals surface area (Å²) in [5.74, 6) is 1.60. The van der Waals surface area contributed by atoms with Gasteiger partial charge in [-0.1, -0.05) is 32.9 Å². The molecule has 0 aliphatic rings. The normalized spacial score (nSPS) is 13.1. The zero-order valence-electron chi connectivity index (χ0n) is 12.4. The Hall–Kier alpha value is -1.43. The van der Waals surface area contributed by atoms with Crippen LogP contribution in [-0.4, -0.2) is 34.0 Å². The fraction of sp³-hybridized carbons (Fsp3) is 0.769. The molecule has 0 fully saturated rings. The molecule has 1 heterocycles. The SMILES string of the molecule is CC(C)C[C@@H](N)C(=O)N(C)Cc1nc(C(C)C)no1. The van der Waals surface area contributed by atoms with E-state index >= 15 is 0 Å². The Kier molecular flexibility index (Phi) is 5.47. The van der Waals surface area contributed by atoms with Gasteiger partial charge in [0.15, 0.2) is 5.82 Å². The molecular weight excluding hydrogens is 244 g/mol. The molecule has 0 aliphatic heterocycles. The number of rotatable bonds is 6. The van der Waals surface area contributed by atoms with Crippen LogP contribution in [-0.2, 0) is 11.3 Å². The monoisotopic (exact) mass is 268 g/mol. The first-order valence-electron chi connectivity index (χ1n) is 6.64. The van der Waals surface area contributed by atoms with Gasteiger partial charge in [0.25, 0.3) is 0 Å². The van der Waals surface area contributed by atoms with Gasteiger partial charge in [-0.05, 0) is 12.3 Å². The van der Waals surface area contributed by atoms with Crippen molar-refractivity contribution >= 4 is 5.91 Å². The molecule has 6 nitrogen and oxygen atoms in total. The Labute approximate surface area is 114 Å². The van der Waals surface area contributed by atoms with Gasteiger partial charge in [-0.15, -0.1) is 0 Å². The van der Waals surface area contributed by atoms with Gasteiger partial charge < -0.3 is 15.2 Å². The maximum absolute atomic E-state index is 12.0. The van der Waals surface area contributed by atoms with Crippen LogP contribution in [0.1, 0.15) is 51.7 Å². The van der Waals surface area contributed by atoms with Crippen molar-refractivity contribution in [1.82, 2.24) is 15.0 Å². The second kappa shape index (κ2) is 6.65. The summed E-state index contributed by atoms with van der Waals surface area (Å²) in [7, 11) is 1.70. The smallest absolute Gasteiger partial charge is 0.246 e. The lowest BCUT2D eigenvalue weighted by molar-refractivity contribution is -0.132. The molecule has 1 amide bonds. The van der Waals surface area contributed by atoms with Crippen LogP contribution < -0.4 is 5.73 Å². The average Bonchev–Trinajstić information content (AvgIpc) is 2.75. The van der Waals surface area contributed by atoms with Gasteiger partial charge in [0, 0.05) is 13.0 Å². The van der Waals surface area contributed by atoms with Crippen molar-refractivity contribution in [2.24, 2.45) is 11.7 Å². The number of likely N-dealkylation sites (N-methyl/N-ethyl adjacent to an activating group) is 1. The first kappa shape index (κ1) is 15.6. The summed E-state index contributed by atoms with van der Waals surface area (Å²) >= 11 is 0. The lowest BCUT2D eigenvalue weighted by Gasteiger charge is -2.20. The van der Waals surface area contributed by atoms with Crippen molar-refractivity contribution in [1.29, 1.82) is 0 Å². The summed E-state index contributed by atoms with van der Waals surface area (Å²) in [5.41, 5.74) is 5.87. The van der Waals surface area contributed by atoms with Crippen LogP contribution in [0.5, 0.6) is 0 Å². The number of hydrogen-bond acceptors (Lipinski definition) is 5. The lowest BCUT2D eigenvalue weighted by atomic mass is 10.0. The summed E-state index contributed by atoms with van der Waals surface area (Å²) in [6.45, 7) is 8.36. The molecular formula is C13H24N4O2. The van der Waals surface area contributed by atoms with Crippen LogP contribution in [0.2, 0.25) is 0 Å². The molecule has 1 atom stereocenters. The van der Waals surface area contributed by atoms with Crippen LogP contribution in [0.25, 0.3) is 0 Å². The highest BCUT2D eigenvalue weighted by Gasteiger charge is 2.21. The minimum absolute atomic E-state index is 0.0991. The zero-order valence-corrected chi connectivity index (χ0v) is 12.4. The largest absolute Gasteiger partial charge is 0.337 e. The predicted octanol–water partition coefficient (Wildman–Crippen LogP) is 1.52. The van der Waals surface area contributed by atoms with E-state index in [4.69, 9.17) is 10.3 Å². The Bertz CT molecular complexity index is 415. The third-order valence-electron chi connectivity index (χ3n) is 2.79. The van der Waals surface area contributed by atoms with Gasteiger partial charge in [0.2, 0.25) is 11.8 Å². The molecule has 108 valence electrons. The highest BCUT2D eigenvalue weighted by Crippen LogP contribution is 2.11. The highest BCUT2D eigenvalue weighted by atomic mass is 16.5. The molecule has 2 N–H and O–H groups in total. The van der Waals surface area contributed by atoms with E-state index in [1.165, 1.54) is 4.90 Å². The molecule has 1 rings (SSSR count). The summed E-state index contributed by atoms with van der Waals surface area (Å²) in [4.78, 5) is 17.8. The first-order valence-corrected chi connectivity index (χ1v) is 6.64. The molecule has 0 spiro atoms. The van der Waals surface area contributed by atoms with Gasteiger partial charge in [-0.2, -0.15) is 4.98 Å². The van der Waals surface area contributed by atoms with Crippen LogP contribution >= 0.6 is 0 Å². The third kappa shape index (κ3) is 4.63. The van der Waals surface area contributed by atoms with Crippen molar-refractivity contribution in [2.75, 3.05) is 7.05 Å². The average molecular weight is 268 g/mol. The molecule has 0 aliphatic carbocycles. The van der Waals surface area contributed by atoms with Crippen molar-refractivity contribution in [3.63, 3.8) is 0 Å². The molecule has 19 heavy (non-hydrogen) atoms. The minimum atomic E-state index is -0.475. The van der Waals surface area contributed by atoms with Gasteiger partial charge >= 0.3 is 0 Å². The second-order valence-corrected chi connectivity index (χ2v) is 5.63. The van der Waals surface area contributed by atoms with Gasteiger partial charge in [0.1, 0.15) is 0 Å². The van der Waals surface area contributed by atoms with E-state index in [1.807, 2.05) is 27.7 Å². The lowest BCUT2D eigenvalue weighted by Crippen LogP contribution is -2.42. The van der Waals surface area contributed by atoms with E-state index in [9.17, 15) is 4.79 Å². The summed E-state index contributed by atoms with van der Waals surface area (Å²) in [6.07, 6.45) is 0.671. The Morgan fingerprint density at radius 2 is 2.00 bits per heavy atom. The first-order chi connectivity index (χ1) is 8.81. The van der Waals surface area contributed by atoms with Crippen LogP contribution in [0, 0.1) is 5.92 Å². The van der Waals surface area contributed by atoms with E-state index in [0.717, 1.165) is 0 Å². The number of amides is 1. The molecule has 0 unspecified atom stereocenters.